The quantitative estimate of drug-likeness (QED) is 0.562. The van der Waals surface area contributed by atoms with Crippen molar-refractivity contribution in [2.24, 2.45) is 12.5 Å². The fraction of sp³-hybridized carbons (Fsp3) is 0.583. The molecule has 0 atom stereocenters. The molecule has 0 amide bonds. The molecule has 6 rings (SSSR count). The number of fused-ring (bicyclic) bond motifs is 1. The minimum atomic E-state index is -2.95. The van der Waals surface area contributed by atoms with Gasteiger partial charge in [-0.15, -0.1) is 0 Å². The fourth-order valence-electron chi connectivity index (χ4n) is 5.57. The number of hydrogen-bond donors (Lipinski definition) is 0. The SMILES string of the molecule is Cn1c(N2CCC3(CCN(c4ccnc(C(C)(F)F)c4)C3)CC2)nc2c(cnn2C2COC2)c1=O. The summed E-state index contributed by atoms with van der Waals surface area (Å²) in [5.41, 5.74) is 1.26. The Hall–Kier alpha value is -3.08. The van der Waals surface area contributed by atoms with Crippen LogP contribution in [0.5, 0.6) is 0 Å². The van der Waals surface area contributed by atoms with Gasteiger partial charge in [0.1, 0.15) is 17.1 Å². The van der Waals surface area contributed by atoms with Crippen LogP contribution in [0.2, 0.25) is 0 Å². The first kappa shape index (κ1) is 22.4. The number of pyridine rings is 1. The Labute approximate surface area is 201 Å². The first-order valence-corrected chi connectivity index (χ1v) is 12.1. The predicted octanol–water partition coefficient (Wildman–Crippen LogP) is 2.70. The first-order chi connectivity index (χ1) is 16.7. The van der Waals surface area contributed by atoms with E-state index in [9.17, 15) is 13.6 Å². The number of rotatable bonds is 4. The van der Waals surface area contributed by atoms with Crippen LogP contribution in [0.15, 0.2) is 29.3 Å². The van der Waals surface area contributed by atoms with Crippen molar-refractivity contribution in [2.75, 3.05) is 49.2 Å². The molecule has 11 heteroatoms. The lowest BCUT2D eigenvalue weighted by Gasteiger charge is -2.40. The van der Waals surface area contributed by atoms with Crippen LogP contribution in [0.4, 0.5) is 20.4 Å². The minimum absolute atomic E-state index is 0.0926. The highest BCUT2D eigenvalue weighted by atomic mass is 19.3. The zero-order valence-electron chi connectivity index (χ0n) is 20.0. The highest BCUT2D eigenvalue weighted by Crippen LogP contribution is 2.43. The third-order valence-corrected chi connectivity index (χ3v) is 7.88. The molecule has 3 aromatic rings. The normalized spacial score (nSPS) is 20.7. The van der Waals surface area contributed by atoms with Crippen molar-refractivity contribution < 1.29 is 13.5 Å². The smallest absolute Gasteiger partial charge is 0.287 e. The Morgan fingerprint density at radius 1 is 1.14 bits per heavy atom. The maximum atomic E-state index is 13.8. The van der Waals surface area contributed by atoms with E-state index in [-0.39, 0.29) is 22.7 Å². The Bertz CT molecular complexity index is 1320. The van der Waals surface area contributed by atoms with Crippen molar-refractivity contribution in [3.05, 3.63) is 40.6 Å². The average molecular weight is 486 g/mol. The number of anilines is 2. The fourth-order valence-corrected chi connectivity index (χ4v) is 5.57. The van der Waals surface area contributed by atoms with Crippen LogP contribution < -0.4 is 15.4 Å². The molecule has 0 N–H and O–H groups in total. The molecule has 0 unspecified atom stereocenters. The van der Waals surface area contributed by atoms with Gasteiger partial charge < -0.3 is 14.5 Å². The molecule has 0 radical (unpaired) electrons. The van der Waals surface area contributed by atoms with Crippen molar-refractivity contribution in [2.45, 2.75) is 38.2 Å². The maximum absolute atomic E-state index is 13.8. The molecular weight excluding hydrogens is 456 g/mol. The molecule has 0 aromatic carbocycles. The van der Waals surface area contributed by atoms with Crippen LogP contribution in [0.3, 0.4) is 0 Å². The number of ether oxygens (including phenoxy) is 1. The zero-order chi connectivity index (χ0) is 24.4. The Balaban J connectivity index is 1.20. The molecule has 6 heterocycles. The Morgan fingerprint density at radius 3 is 2.51 bits per heavy atom. The van der Waals surface area contributed by atoms with Gasteiger partial charge in [-0.05, 0) is 36.8 Å². The molecule has 3 aliphatic heterocycles. The number of aromatic nitrogens is 5. The number of alkyl halides is 2. The largest absolute Gasteiger partial charge is 0.377 e. The monoisotopic (exact) mass is 485 g/mol. The number of nitrogens with zero attached hydrogens (tertiary/aromatic N) is 7. The molecule has 9 nitrogen and oxygen atoms in total. The minimum Gasteiger partial charge on any atom is -0.377 e. The standard InChI is InChI=1S/C24H29F2N7O2/c1-23(25,26)19-11-16(3-7-27-19)32-10-6-24(15-32)4-8-31(9-5-24)22-29-20-18(21(34)30(22)2)12-28-33(20)17-13-35-14-17/h3,7,11-12,17H,4-6,8-10,13-15H2,1-2H3. The second-order valence-electron chi connectivity index (χ2n) is 10.2. The van der Waals surface area contributed by atoms with E-state index in [2.05, 4.69) is 19.9 Å². The summed E-state index contributed by atoms with van der Waals surface area (Å²) in [6.45, 7) is 5.29. The van der Waals surface area contributed by atoms with Gasteiger partial charge in [0.25, 0.3) is 11.5 Å². The van der Waals surface area contributed by atoms with E-state index in [0.29, 0.717) is 30.2 Å². The summed E-state index contributed by atoms with van der Waals surface area (Å²) in [6.07, 6.45) is 5.99. The van der Waals surface area contributed by atoms with Gasteiger partial charge in [0.2, 0.25) is 5.95 Å². The summed E-state index contributed by atoms with van der Waals surface area (Å²) >= 11 is 0. The van der Waals surface area contributed by atoms with Gasteiger partial charge in [-0.3, -0.25) is 14.3 Å². The number of halogens is 2. The molecular formula is C24H29F2N7O2. The van der Waals surface area contributed by atoms with Crippen LogP contribution in [0.1, 0.15) is 37.9 Å². The van der Waals surface area contributed by atoms with Crippen LogP contribution in [-0.4, -0.2) is 63.7 Å². The summed E-state index contributed by atoms with van der Waals surface area (Å²) in [6, 6.07) is 3.45. The van der Waals surface area contributed by atoms with Crippen LogP contribution >= 0.6 is 0 Å². The molecule has 0 saturated carbocycles. The third-order valence-electron chi connectivity index (χ3n) is 7.88. The molecule has 3 aromatic heterocycles. The summed E-state index contributed by atoms with van der Waals surface area (Å²) in [5.74, 6) is -2.29. The van der Waals surface area contributed by atoms with E-state index in [1.807, 2.05) is 10.7 Å². The van der Waals surface area contributed by atoms with Crippen LogP contribution in [-0.2, 0) is 17.7 Å². The summed E-state index contributed by atoms with van der Waals surface area (Å²) in [7, 11) is 1.76. The lowest BCUT2D eigenvalue weighted by molar-refractivity contribution is -0.0269. The second kappa shape index (κ2) is 7.97. The van der Waals surface area contributed by atoms with Crippen molar-refractivity contribution in [3.63, 3.8) is 0 Å². The zero-order valence-corrected chi connectivity index (χ0v) is 20.0. The van der Waals surface area contributed by atoms with Gasteiger partial charge in [-0.2, -0.15) is 18.9 Å². The lowest BCUT2D eigenvalue weighted by Crippen LogP contribution is -2.44. The molecule has 186 valence electrons. The van der Waals surface area contributed by atoms with E-state index >= 15 is 0 Å². The summed E-state index contributed by atoms with van der Waals surface area (Å²) in [5, 5.41) is 4.93. The lowest BCUT2D eigenvalue weighted by atomic mass is 9.78. The highest BCUT2D eigenvalue weighted by molar-refractivity contribution is 5.75. The Morgan fingerprint density at radius 2 is 1.86 bits per heavy atom. The predicted molar refractivity (Wildman–Crippen MR) is 127 cm³/mol. The molecule has 0 bridgehead atoms. The van der Waals surface area contributed by atoms with Crippen molar-refractivity contribution in [1.82, 2.24) is 24.3 Å². The summed E-state index contributed by atoms with van der Waals surface area (Å²) in [4.78, 5) is 26.1. The number of hydrogen-bond acceptors (Lipinski definition) is 7. The molecule has 3 aliphatic rings. The van der Waals surface area contributed by atoms with E-state index < -0.39 is 5.92 Å². The van der Waals surface area contributed by atoms with Crippen molar-refractivity contribution in [1.29, 1.82) is 0 Å². The van der Waals surface area contributed by atoms with Gasteiger partial charge in [0, 0.05) is 52.0 Å². The summed E-state index contributed by atoms with van der Waals surface area (Å²) < 4.78 is 36.3. The molecule has 3 saturated heterocycles. The first-order valence-electron chi connectivity index (χ1n) is 12.1. The van der Waals surface area contributed by atoms with Gasteiger partial charge >= 0.3 is 0 Å². The van der Waals surface area contributed by atoms with E-state index in [1.54, 1.807) is 17.8 Å². The number of piperidine rings is 1. The van der Waals surface area contributed by atoms with Gasteiger partial charge in [0.05, 0.1) is 19.4 Å². The van der Waals surface area contributed by atoms with Gasteiger partial charge in [-0.1, -0.05) is 0 Å². The molecule has 1 spiro atoms. The molecule has 0 aliphatic carbocycles. The van der Waals surface area contributed by atoms with E-state index in [1.165, 1.54) is 12.3 Å². The average Bonchev–Trinajstić information content (AvgIpc) is 3.41. The molecule has 35 heavy (non-hydrogen) atoms. The van der Waals surface area contributed by atoms with Crippen LogP contribution in [0.25, 0.3) is 11.0 Å². The topological polar surface area (TPSA) is 81.3 Å². The highest BCUT2D eigenvalue weighted by Gasteiger charge is 2.42. The Kier molecular flexibility index (Phi) is 5.10. The van der Waals surface area contributed by atoms with E-state index in [0.717, 1.165) is 58.1 Å². The van der Waals surface area contributed by atoms with Gasteiger partial charge in [-0.25, -0.2) is 4.68 Å². The molecule has 3 fully saturated rings. The van der Waals surface area contributed by atoms with Crippen LogP contribution in [0, 0.1) is 5.41 Å². The van der Waals surface area contributed by atoms with Gasteiger partial charge in [0.15, 0.2) is 5.65 Å². The third kappa shape index (κ3) is 3.76. The maximum Gasteiger partial charge on any atom is 0.287 e. The van der Waals surface area contributed by atoms with E-state index in [4.69, 9.17) is 9.72 Å². The second-order valence-corrected chi connectivity index (χ2v) is 10.2. The van der Waals surface area contributed by atoms with Crippen molar-refractivity contribution in [3.8, 4) is 0 Å². The van der Waals surface area contributed by atoms with Crippen molar-refractivity contribution >= 4 is 22.7 Å².